The molecule has 0 aliphatic carbocycles. The van der Waals surface area contributed by atoms with Crippen molar-refractivity contribution in [2.24, 2.45) is 0 Å². The number of ether oxygens (including phenoxy) is 1. The molecule has 0 unspecified atom stereocenters. The molecule has 0 fully saturated rings. The van der Waals surface area contributed by atoms with Gasteiger partial charge in [0.15, 0.2) is 0 Å². The van der Waals surface area contributed by atoms with Gasteiger partial charge in [0.05, 0.1) is 36.8 Å². The first-order chi connectivity index (χ1) is 6.83. The molecule has 2 aromatic heterocycles. The predicted octanol–water partition coefficient (Wildman–Crippen LogP) is 1.03. The summed E-state index contributed by atoms with van der Waals surface area (Å²) in [5.41, 5.74) is 1.58. The van der Waals surface area contributed by atoms with Crippen LogP contribution in [0.25, 0.3) is 11.0 Å². The molecule has 0 aliphatic rings. The van der Waals surface area contributed by atoms with E-state index in [0.717, 1.165) is 11.0 Å². The second-order valence-electron chi connectivity index (χ2n) is 2.76. The molecule has 0 amide bonds. The SMILES string of the molecule is COc1cc2nc(CC#N)[nH]c2cn1. The van der Waals surface area contributed by atoms with Gasteiger partial charge in [-0.15, -0.1) is 0 Å². The fourth-order valence-electron chi connectivity index (χ4n) is 1.21. The van der Waals surface area contributed by atoms with E-state index >= 15 is 0 Å². The quantitative estimate of drug-likeness (QED) is 0.763. The van der Waals surface area contributed by atoms with Gasteiger partial charge in [0.1, 0.15) is 5.82 Å². The number of aromatic nitrogens is 3. The second-order valence-corrected chi connectivity index (χ2v) is 2.76. The van der Waals surface area contributed by atoms with E-state index in [4.69, 9.17) is 10.00 Å². The molecule has 14 heavy (non-hydrogen) atoms. The summed E-state index contributed by atoms with van der Waals surface area (Å²) in [4.78, 5) is 11.2. The number of nitrogens with one attached hydrogen (secondary N) is 1. The number of fused-ring (bicyclic) bond motifs is 1. The largest absolute Gasteiger partial charge is 0.481 e. The van der Waals surface area contributed by atoms with Crippen LogP contribution in [0, 0.1) is 11.3 Å². The summed E-state index contributed by atoms with van der Waals surface area (Å²) < 4.78 is 4.96. The van der Waals surface area contributed by atoms with Gasteiger partial charge in [-0.1, -0.05) is 0 Å². The maximum absolute atomic E-state index is 8.50. The van der Waals surface area contributed by atoms with E-state index in [1.807, 2.05) is 6.07 Å². The van der Waals surface area contributed by atoms with E-state index in [1.165, 1.54) is 0 Å². The van der Waals surface area contributed by atoms with Gasteiger partial charge in [0, 0.05) is 6.07 Å². The Morgan fingerprint density at radius 3 is 3.21 bits per heavy atom. The maximum atomic E-state index is 8.50. The Morgan fingerprint density at radius 1 is 1.64 bits per heavy atom. The van der Waals surface area contributed by atoms with Gasteiger partial charge >= 0.3 is 0 Å². The molecule has 0 radical (unpaired) electrons. The van der Waals surface area contributed by atoms with Crippen LogP contribution in [0.15, 0.2) is 12.3 Å². The van der Waals surface area contributed by atoms with Crippen molar-refractivity contribution in [3.05, 3.63) is 18.1 Å². The van der Waals surface area contributed by atoms with Crippen molar-refractivity contribution in [2.75, 3.05) is 7.11 Å². The first kappa shape index (κ1) is 8.51. The Labute approximate surface area is 80.4 Å². The van der Waals surface area contributed by atoms with Crippen LogP contribution in [-0.4, -0.2) is 22.1 Å². The summed E-state index contributed by atoms with van der Waals surface area (Å²) in [6, 6.07) is 3.76. The fourth-order valence-corrected chi connectivity index (χ4v) is 1.21. The molecule has 2 rings (SSSR count). The molecule has 1 N–H and O–H groups in total. The average Bonchev–Trinajstić information content (AvgIpc) is 2.59. The zero-order valence-corrected chi connectivity index (χ0v) is 7.61. The lowest BCUT2D eigenvalue weighted by atomic mass is 10.4. The average molecular weight is 188 g/mol. The van der Waals surface area contributed by atoms with Gasteiger partial charge in [0.25, 0.3) is 0 Å². The van der Waals surface area contributed by atoms with Crippen molar-refractivity contribution in [2.45, 2.75) is 6.42 Å². The van der Waals surface area contributed by atoms with Crippen LogP contribution >= 0.6 is 0 Å². The molecule has 2 aromatic rings. The van der Waals surface area contributed by atoms with Crippen molar-refractivity contribution < 1.29 is 4.74 Å². The summed E-state index contributed by atoms with van der Waals surface area (Å²) in [6.45, 7) is 0. The van der Waals surface area contributed by atoms with Crippen LogP contribution in [0.5, 0.6) is 5.88 Å². The van der Waals surface area contributed by atoms with E-state index in [1.54, 1.807) is 19.4 Å². The molecule has 0 saturated heterocycles. The number of rotatable bonds is 2. The summed E-state index contributed by atoms with van der Waals surface area (Å²) in [5.74, 6) is 1.17. The highest BCUT2D eigenvalue weighted by Gasteiger charge is 2.03. The van der Waals surface area contributed by atoms with Gasteiger partial charge in [-0.2, -0.15) is 5.26 Å². The van der Waals surface area contributed by atoms with Crippen molar-refractivity contribution in [1.82, 2.24) is 15.0 Å². The minimum atomic E-state index is 0.275. The number of aromatic amines is 1. The zero-order chi connectivity index (χ0) is 9.97. The standard InChI is InChI=1S/C9H8N4O/c1-14-9-4-6-7(5-11-9)13-8(12-6)2-3-10/h4-5H,2H2,1H3,(H,12,13). The fraction of sp³-hybridized carbons (Fsp3) is 0.222. The number of imidazole rings is 1. The Hall–Kier alpha value is -2.09. The molecule has 0 saturated carbocycles. The van der Waals surface area contributed by atoms with E-state index in [9.17, 15) is 0 Å². The molecule has 2 heterocycles. The number of hydrogen-bond donors (Lipinski definition) is 1. The van der Waals surface area contributed by atoms with Crippen LogP contribution in [-0.2, 0) is 6.42 Å². The minimum Gasteiger partial charge on any atom is -0.481 e. The van der Waals surface area contributed by atoms with Crippen LogP contribution in [0.4, 0.5) is 0 Å². The van der Waals surface area contributed by atoms with Gasteiger partial charge in [-0.3, -0.25) is 0 Å². The molecular formula is C9H8N4O. The number of methoxy groups -OCH3 is 1. The van der Waals surface area contributed by atoms with E-state index in [2.05, 4.69) is 15.0 Å². The molecule has 0 aliphatic heterocycles. The zero-order valence-electron chi connectivity index (χ0n) is 7.61. The molecule has 5 heteroatoms. The molecule has 5 nitrogen and oxygen atoms in total. The molecule has 0 aromatic carbocycles. The Kier molecular flexibility index (Phi) is 2.03. The highest BCUT2D eigenvalue weighted by atomic mass is 16.5. The second kappa shape index (κ2) is 3.34. The van der Waals surface area contributed by atoms with Crippen molar-refractivity contribution in [3.63, 3.8) is 0 Å². The summed E-state index contributed by atoms with van der Waals surface area (Å²) in [5, 5.41) is 8.50. The van der Waals surface area contributed by atoms with Crippen LogP contribution in [0.2, 0.25) is 0 Å². The van der Waals surface area contributed by atoms with Crippen molar-refractivity contribution >= 4 is 11.0 Å². The molecule has 70 valence electrons. The van der Waals surface area contributed by atoms with E-state index in [-0.39, 0.29) is 6.42 Å². The summed E-state index contributed by atoms with van der Waals surface area (Å²) in [7, 11) is 1.55. The third-order valence-corrected chi connectivity index (χ3v) is 1.85. The number of nitriles is 1. The minimum absolute atomic E-state index is 0.275. The smallest absolute Gasteiger partial charge is 0.215 e. The Bertz CT molecular complexity index is 497. The van der Waals surface area contributed by atoms with Crippen LogP contribution < -0.4 is 4.74 Å². The third-order valence-electron chi connectivity index (χ3n) is 1.85. The van der Waals surface area contributed by atoms with Gasteiger partial charge in [-0.25, -0.2) is 9.97 Å². The highest BCUT2D eigenvalue weighted by Crippen LogP contribution is 2.15. The van der Waals surface area contributed by atoms with E-state index in [0.29, 0.717) is 11.7 Å². The van der Waals surface area contributed by atoms with Gasteiger partial charge in [0.2, 0.25) is 5.88 Å². The predicted molar refractivity (Wildman–Crippen MR) is 49.8 cm³/mol. The lowest BCUT2D eigenvalue weighted by Crippen LogP contribution is -1.85. The first-order valence-corrected chi connectivity index (χ1v) is 4.09. The number of nitrogens with zero attached hydrogens (tertiary/aromatic N) is 3. The Morgan fingerprint density at radius 2 is 2.50 bits per heavy atom. The van der Waals surface area contributed by atoms with Gasteiger partial charge in [-0.05, 0) is 0 Å². The lowest BCUT2D eigenvalue weighted by Gasteiger charge is -1.95. The monoisotopic (exact) mass is 188 g/mol. The number of H-pyrrole nitrogens is 1. The summed E-state index contributed by atoms with van der Waals surface area (Å²) in [6.07, 6.45) is 1.92. The highest BCUT2D eigenvalue weighted by molar-refractivity contribution is 5.75. The molecule has 0 atom stereocenters. The molecule has 0 spiro atoms. The van der Waals surface area contributed by atoms with Crippen molar-refractivity contribution in [1.29, 1.82) is 5.26 Å². The summed E-state index contributed by atoms with van der Waals surface area (Å²) >= 11 is 0. The first-order valence-electron chi connectivity index (χ1n) is 4.09. The maximum Gasteiger partial charge on any atom is 0.215 e. The molecular weight excluding hydrogens is 180 g/mol. The number of hydrogen-bond acceptors (Lipinski definition) is 4. The molecule has 0 bridgehead atoms. The lowest BCUT2D eigenvalue weighted by molar-refractivity contribution is 0.398. The van der Waals surface area contributed by atoms with Gasteiger partial charge < -0.3 is 9.72 Å². The third kappa shape index (κ3) is 1.38. The number of pyridine rings is 1. The Balaban J connectivity index is 2.50. The van der Waals surface area contributed by atoms with E-state index < -0.39 is 0 Å². The van der Waals surface area contributed by atoms with Crippen LogP contribution in [0.1, 0.15) is 5.82 Å². The topological polar surface area (TPSA) is 74.6 Å². The van der Waals surface area contributed by atoms with Crippen molar-refractivity contribution in [3.8, 4) is 11.9 Å². The van der Waals surface area contributed by atoms with Crippen LogP contribution in [0.3, 0.4) is 0 Å². The normalized spacial score (nSPS) is 10.0.